The molecule has 5 aromatic rings. The number of carbonyl (C=O) groups excluding carboxylic acids is 3. The van der Waals surface area contributed by atoms with Gasteiger partial charge in [-0.25, -0.2) is 4.39 Å². The van der Waals surface area contributed by atoms with Crippen molar-refractivity contribution >= 4 is 29.1 Å². The van der Waals surface area contributed by atoms with Crippen LogP contribution in [0.5, 0.6) is 0 Å². The van der Waals surface area contributed by atoms with Crippen LogP contribution in [0.15, 0.2) is 109 Å². The van der Waals surface area contributed by atoms with Crippen molar-refractivity contribution in [3.63, 3.8) is 0 Å². The number of alkyl halides is 3. The molecule has 56 heavy (non-hydrogen) atoms. The summed E-state index contributed by atoms with van der Waals surface area (Å²) < 4.78 is 51.6. The SMILES string of the molecule is CC(C)CC(=O)N1CCc2cc(NC(=O)c3ccccc3-c3ccc(C(F)(F)F)cc3)ccc2C1.Nc1ccc2c(c1)CCN(C(=O)Cc1ccc(F)cc1)C2. The molecule has 11 heteroatoms. The van der Waals surface area contributed by atoms with E-state index >= 15 is 0 Å². The summed E-state index contributed by atoms with van der Waals surface area (Å²) in [6.45, 7) is 6.59. The number of nitrogens with one attached hydrogen (secondary N) is 1. The maximum Gasteiger partial charge on any atom is 0.416 e. The molecular weight excluding hydrogens is 721 g/mol. The number of amides is 3. The lowest BCUT2D eigenvalue weighted by Crippen LogP contribution is -2.36. The molecule has 290 valence electrons. The first-order valence-electron chi connectivity index (χ1n) is 18.6. The first-order chi connectivity index (χ1) is 26.7. The normalized spacial score (nSPS) is 13.6. The number of nitrogen functional groups attached to an aromatic ring is 1. The van der Waals surface area contributed by atoms with Gasteiger partial charge in [0, 0.05) is 49.5 Å². The molecule has 2 aliphatic heterocycles. The third-order valence-electron chi connectivity index (χ3n) is 9.97. The van der Waals surface area contributed by atoms with Crippen molar-refractivity contribution in [3.8, 4) is 11.1 Å². The molecular formula is C45H44F4N4O3. The first kappa shape index (κ1) is 39.7. The number of rotatable bonds is 7. The molecule has 2 aliphatic rings. The van der Waals surface area contributed by atoms with Crippen LogP contribution in [-0.2, 0) is 48.1 Å². The Morgan fingerprint density at radius 3 is 1.98 bits per heavy atom. The third-order valence-corrected chi connectivity index (χ3v) is 9.97. The number of anilines is 2. The maximum atomic E-state index is 13.1. The van der Waals surface area contributed by atoms with E-state index in [4.69, 9.17) is 5.73 Å². The van der Waals surface area contributed by atoms with Crippen LogP contribution >= 0.6 is 0 Å². The van der Waals surface area contributed by atoms with Crippen LogP contribution in [0.3, 0.4) is 0 Å². The fourth-order valence-electron chi connectivity index (χ4n) is 6.97. The highest BCUT2D eigenvalue weighted by Gasteiger charge is 2.30. The van der Waals surface area contributed by atoms with Gasteiger partial charge in [-0.1, -0.05) is 68.4 Å². The topological polar surface area (TPSA) is 95.7 Å². The second kappa shape index (κ2) is 17.2. The number of halogens is 4. The number of hydrogen-bond acceptors (Lipinski definition) is 4. The fraction of sp³-hybridized carbons (Fsp3) is 0.267. The van der Waals surface area contributed by atoms with Crippen molar-refractivity contribution in [1.82, 2.24) is 9.80 Å². The average molecular weight is 765 g/mol. The van der Waals surface area contributed by atoms with Gasteiger partial charge in [0.1, 0.15) is 5.82 Å². The Kier molecular flexibility index (Phi) is 12.2. The summed E-state index contributed by atoms with van der Waals surface area (Å²) in [5.41, 5.74) is 13.3. The smallest absolute Gasteiger partial charge is 0.399 e. The molecule has 0 spiro atoms. The van der Waals surface area contributed by atoms with E-state index in [1.807, 2.05) is 60.0 Å². The van der Waals surface area contributed by atoms with Gasteiger partial charge in [-0.2, -0.15) is 13.2 Å². The molecule has 2 heterocycles. The van der Waals surface area contributed by atoms with Crippen LogP contribution in [-0.4, -0.2) is 40.6 Å². The monoisotopic (exact) mass is 764 g/mol. The average Bonchev–Trinajstić information content (AvgIpc) is 3.18. The van der Waals surface area contributed by atoms with Gasteiger partial charge in [0.05, 0.1) is 12.0 Å². The van der Waals surface area contributed by atoms with Gasteiger partial charge < -0.3 is 20.9 Å². The highest BCUT2D eigenvalue weighted by molar-refractivity contribution is 6.08. The Bertz CT molecular complexity index is 2200. The van der Waals surface area contributed by atoms with Crippen molar-refractivity contribution in [3.05, 3.63) is 154 Å². The number of nitrogens with two attached hydrogens (primary N) is 1. The van der Waals surface area contributed by atoms with Crippen LogP contribution in [0.25, 0.3) is 11.1 Å². The summed E-state index contributed by atoms with van der Waals surface area (Å²) in [7, 11) is 0. The van der Waals surface area contributed by atoms with Crippen LogP contribution in [0.4, 0.5) is 28.9 Å². The van der Waals surface area contributed by atoms with Gasteiger partial charge in [-0.3, -0.25) is 14.4 Å². The standard InChI is InChI=1S/C28H27F3N2O2.C17H17FN2O/c1-18(2)15-26(34)33-14-13-20-16-23(12-9-21(20)17-33)32-27(35)25-6-4-3-5-24(25)19-7-10-22(11-8-19)28(29,30)31;18-15-4-1-12(2-5-15)9-17(21)20-8-7-13-10-16(19)6-3-14(13)11-20/h3-12,16,18H,13-15,17H2,1-2H3,(H,32,35);1-6,10H,7-9,11,19H2. The van der Waals surface area contributed by atoms with Gasteiger partial charge in [-0.05, 0) is 112 Å². The molecule has 3 amide bonds. The van der Waals surface area contributed by atoms with Crippen molar-refractivity contribution in [2.24, 2.45) is 5.92 Å². The molecule has 0 bridgehead atoms. The van der Waals surface area contributed by atoms with Gasteiger partial charge in [0.15, 0.2) is 0 Å². The van der Waals surface area contributed by atoms with Crippen LogP contribution in [0.1, 0.15) is 64.0 Å². The minimum atomic E-state index is -4.42. The number of hydrogen-bond donors (Lipinski definition) is 2. The zero-order valence-corrected chi connectivity index (χ0v) is 31.3. The molecule has 0 fully saturated rings. The Balaban J connectivity index is 0.000000215. The van der Waals surface area contributed by atoms with Crippen molar-refractivity contribution in [2.75, 3.05) is 24.1 Å². The van der Waals surface area contributed by atoms with E-state index in [9.17, 15) is 31.9 Å². The van der Waals surface area contributed by atoms with Gasteiger partial charge in [0.2, 0.25) is 11.8 Å². The predicted octanol–water partition coefficient (Wildman–Crippen LogP) is 9.09. The minimum Gasteiger partial charge on any atom is -0.399 e. The Hall–Kier alpha value is -5.97. The zero-order valence-electron chi connectivity index (χ0n) is 31.3. The highest BCUT2D eigenvalue weighted by atomic mass is 19.4. The molecule has 0 radical (unpaired) electrons. The van der Waals surface area contributed by atoms with Gasteiger partial charge in [-0.15, -0.1) is 0 Å². The number of fused-ring (bicyclic) bond motifs is 2. The van der Waals surface area contributed by atoms with E-state index in [-0.39, 0.29) is 23.5 Å². The molecule has 0 atom stereocenters. The molecule has 7 rings (SSSR count). The van der Waals surface area contributed by atoms with Gasteiger partial charge >= 0.3 is 6.18 Å². The molecule has 0 aromatic heterocycles. The minimum absolute atomic E-state index is 0.0732. The molecule has 0 saturated carbocycles. The number of benzene rings is 5. The van der Waals surface area contributed by atoms with E-state index in [0.29, 0.717) is 73.7 Å². The van der Waals surface area contributed by atoms with E-state index in [2.05, 4.69) is 5.32 Å². The molecule has 0 unspecified atom stereocenters. The summed E-state index contributed by atoms with van der Waals surface area (Å²) in [5.74, 6) is -0.0837. The van der Waals surface area contributed by atoms with Crippen molar-refractivity contribution in [2.45, 2.75) is 58.8 Å². The summed E-state index contributed by atoms with van der Waals surface area (Å²) >= 11 is 0. The predicted molar refractivity (Wildman–Crippen MR) is 210 cm³/mol. The molecule has 0 aliphatic carbocycles. The molecule has 7 nitrogen and oxygen atoms in total. The number of nitrogens with zero attached hydrogens (tertiary/aromatic N) is 2. The van der Waals surface area contributed by atoms with E-state index < -0.39 is 11.7 Å². The maximum absolute atomic E-state index is 13.1. The lowest BCUT2D eigenvalue weighted by molar-refractivity contribution is -0.137. The summed E-state index contributed by atoms with van der Waals surface area (Å²) in [6, 6.07) is 29.2. The van der Waals surface area contributed by atoms with Gasteiger partial charge in [0.25, 0.3) is 5.91 Å². The summed E-state index contributed by atoms with van der Waals surface area (Å²) in [5, 5.41) is 2.91. The Morgan fingerprint density at radius 2 is 1.34 bits per heavy atom. The quantitative estimate of drug-likeness (QED) is 0.128. The van der Waals surface area contributed by atoms with E-state index in [0.717, 1.165) is 46.5 Å². The van der Waals surface area contributed by atoms with Crippen LogP contribution in [0, 0.1) is 11.7 Å². The second-order valence-electron chi connectivity index (χ2n) is 14.6. The van der Waals surface area contributed by atoms with Crippen molar-refractivity contribution in [1.29, 1.82) is 0 Å². The third kappa shape index (κ3) is 10.0. The second-order valence-corrected chi connectivity index (χ2v) is 14.6. The van der Waals surface area contributed by atoms with Crippen LogP contribution < -0.4 is 11.1 Å². The Labute approximate surface area is 324 Å². The lowest BCUT2D eigenvalue weighted by atomic mass is 9.97. The van der Waals surface area contributed by atoms with E-state index in [1.54, 1.807) is 36.4 Å². The van der Waals surface area contributed by atoms with Crippen molar-refractivity contribution < 1.29 is 31.9 Å². The molecule has 5 aromatic carbocycles. The van der Waals surface area contributed by atoms with Crippen LogP contribution in [0.2, 0.25) is 0 Å². The fourth-order valence-corrected chi connectivity index (χ4v) is 6.97. The molecule has 3 N–H and O–H groups in total. The first-order valence-corrected chi connectivity index (χ1v) is 18.6. The zero-order chi connectivity index (χ0) is 40.0. The summed E-state index contributed by atoms with van der Waals surface area (Å²) in [6.07, 6.45) is -2.03. The Morgan fingerprint density at radius 1 is 0.732 bits per heavy atom. The lowest BCUT2D eigenvalue weighted by Gasteiger charge is -2.30. The molecule has 0 saturated heterocycles. The summed E-state index contributed by atoms with van der Waals surface area (Å²) in [4.78, 5) is 41.6. The number of carbonyl (C=O) groups is 3. The van der Waals surface area contributed by atoms with E-state index in [1.165, 1.54) is 29.8 Å². The largest absolute Gasteiger partial charge is 0.416 e. The highest BCUT2D eigenvalue weighted by Crippen LogP contribution is 2.32.